The zero-order valence-corrected chi connectivity index (χ0v) is 21.5. The number of nitrogens with zero attached hydrogens (tertiary/aromatic N) is 4. The van der Waals surface area contributed by atoms with Gasteiger partial charge >= 0.3 is 0 Å². The van der Waals surface area contributed by atoms with Gasteiger partial charge < -0.3 is 25.2 Å². The highest BCUT2D eigenvalue weighted by molar-refractivity contribution is 6.12. The van der Waals surface area contributed by atoms with Gasteiger partial charge in [0.1, 0.15) is 11.6 Å². The van der Waals surface area contributed by atoms with E-state index in [1.165, 1.54) is 6.92 Å². The summed E-state index contributed by atoms with van der Waals surface area (Å²) in [5.74, 6) is 1.44. The van der Waals surface area contributed by atoms with Crippen molar-refractivity contribution in [2.75, 3.05) is 37.5 Å². The summed E-state index contributed by atoms with van der Waals surface area (Å²) < 4.78 is 7.20. The van der Waals surface area contributed by atoms with E-state index in [4.69, 9.17) is 4.74 Å². The van der Waals surface area contributed by atoms with Crippen molar-refractivity contribution >= 4 is 40.7 Å². The molecule has 3 amide bonds. The van der Waals surface area contributed by atoms with Gasteiger partial charge in [0.15, 0.2) is 5.82 Å². The number of hydrogen-bond acceptors (Lipinski definition) is 6. The van der Waals surface area contributed by atoms with E-state index in [0.717, 1.165) is 46.7 Å². The predicted octanol–water partition coefficient (Wildman–Crippen LogP) is 2.71. The maximum absolute atomic E-state index is 13.4. The lowest BCUT2D eigenvalue weighted by molar-refractivity contribution is -0.117. The Morgan fingerprint density at radius 3 is 2.61 bits per heavy atom. The number of likely N-dealkylation sites (N-methyl/N-ethyl adjacent to an activating group) is 1. The lowest BCUT2D eigenvalue weighted by Gasteiger charge is -2.26. The molecule has 1 aliphatic carbocycles. The van der Waals surface area contributed by atoms with Crippen molar-refractivity contribution in [2.45, 2.75) is 26.3 Å². The van der Waals surface area contributed by atoms with Crippen LogP contribution in [-0.2, 0) is 29.0 Å². The Hall–Kier alpha value is -4.60. The van der Waals surface area contributed by atoms with Crippen LogP contribution in [0.5, 0.6) is 5.75 Å². The number of ether oxygens (including phenoxy) is 1. The quantitative estimate of drug-likeness (QED) is 0.544. The number of benzene rings is 2. The molecule has 2 N–H and O–H groups in total. The van der Waals surface area contributed by atoms with Gasteiger partial charge in [-0.25, -0.2) is 4.68 Å². The first-order chi connectivity index (χ1) is 18.3. The number of aromatic nitrogens is 2. The number of nitrogens with one attached hydrogen (secondary N) is 2. The first-order valence-corrected chi connectivity index (χ1v) is 12.6. The summed E-state index contributed by atoms with van der Waals surface area (Å²) in [5, 5.41) is 10.4. The molecule has 0 spiro atoms. The van der Waals surface area contributed by atoms with E-state index >= 15 is 0 Å². The van der Waals surface area contributed by atoms with E-state index in [-0.39, 0.29) is 17.7 Å². The maximum atomic E-state index is 13.4. The van der Waals surface area contributed by atoms with Gasteiger partial charge in [-0.1, -0.05) is 6.07 Å². The largest absolute Gasteiger partial charge is 0.497 e. The van der Waals surface area contributed by atoms with E-state index in [2.05, 4.69) is 26.7 Å². The van der Waals surface area contributed by atoms with Crippen molar-refractivity contribution in [1.29, 1.82) is 0 Å². The molecule has 2 aliphatic heterocycles. The lowest BCUT2D eigenvalue weighted by Crippen LogP contribution is -2.34. The molecule has 0 atom stereocenters. The Bertz CT molecular complexity index is 1540. The van der Waals surface area contributed by atoms with Crippen LogP contribution >= 0.6 is 0 Å². The van der Waals surface area contributed by atoms with Gasteiger partial charge in [0, 0.05) is 61.9 Å². The first kappa shape index (κ1) is 23.8. The Morgan fingerprint density at radius 2 is 1.82 bits per heavy atom. The highest BCUT2D eigenvalue weighted by Crippen LogP contribution is 2.36. The van der Waals surface area contributed by atoms with Crippen LogP contribution in [0.3, 0.4) is 0 Å². The van der Waals surface area contributed by atoms with Crippen LogP contribution in [0.25, 0.3) is 5.70 Å². The summed E-state index contributed by atoms with van der Waals surface area (Å²) in [7, 11) is 3.40. The summed E-state index contributed by atoms with van der Waals surface area (Å²) in [4.78, 5) is 41.7. The molecular weight excluding hydrogens is 484 g/mol. The molecule has 0 unspecified atom stereocenters. The van der Waals surface area contributed by atoms with Crippen LogP contribution < -0.4 is 20.3 Å². The second-order valence-corrected chi connectivity index (χ2v) is 9.77. The molecule has 38 heavy (non-hydrogen) atoms. The zero-order valence-electron chi connectivity index (χ0n) is 21.5. The van der Waals surface area contributed by atoms with Crippen LogP contribution in [0, 0.1) is 0 Å². The number of rotatable bonds is 5. The number of methoxy groups -OCH3 is 1. The van der Waals surface area contributed by atoms with Gasteiger partial charge in [-0.3, -0.25) is 14.4 Å². The minimum Gasteiger partial charge on any atom is -0.497 e. The molecule has 3 heterocycles. The summed E-state index contributed by atoms with van der Waals surface area (Å²) in [6, 6.07) is 13.4. The minimum atomic E-state index is -0.316. The van der Waals surface area contributed by atoms with Crippen molar-refractivity contribution in [2.24, 2.45) is 0 Å². The van der Waals surface area contributed by atoms with Gasteiger partial charge in [0.05, 0.1) is 19.4 Å². The summed E-state index contributed by atoms with van der Waals surface area (Å²) >= 11 is 0. The first-order valence-electron chi connectivity index (χ1n) is 12.6. The molecule has 0 bridgehead atoms. The average Bonchev–Trinajstić information content (AvgIpc) is 3.58. The summed E-state index contributed by atoms with van der Waals surface area (Å²) in [6.07, 6.45) is 1.21. The minimum absolute atomic E-state index is 0.0507. The fourth-order valence-electron chi connectivity index (χ4n) is 5.39. The standard InChI is InChI=1S/C28H28N6O4/c1-16(35)29-26-22-14-20(38-3)6-4-17(22)13-23(26)27(36)30-24-15-25-33(10-11-34(25)31-24)19-5-7-21-18(12-19)8-9-32(2)28(21)37/h4-7,12,14-15H,8-11,13H2,1-3H3,(H,29,35)(H,30,31,36). The van der Waals surface area contributed by atoms with E-state index in [0.29, 0.717) is 42.3 Å². The molecule has 3 aliphatic rings. The fourth-order valence-corrected chi connectivity index (χ4v) is 5.39. The van der Waals surface area contributed by atoms with Gasteiger partial charge in [-0.2, -0.15) is 5.10 Å². The molecule has 1 aromatic heterocycles. The molecule has 0 saturated carbocycles. The number of hydrogen-bond donors (Lipinski definition) is 2. The highest BCUT2D eigenvalue weighted by atomic mass is 16.5. The number of amides is 3. The van der Waals surface area contributed by atoms with Crippen molar-refractivity contribution in [3.05, 3.63) is 70.3 Å². The number of fused-ring (bicyclic) bond motifs is 3. The Balaban J connectivity index is 1.25. The van der Waals surface area contributed by atoms with Crippen molar-refractivity contribution in [3.8, 4) is 5.75 Å². The maximum Gasteiger partial charge on any atom is 0.255 e. The summed E-state index contributed by atoms with van der Waals surface area (Å²) in [5.41, 5.74) is 5.47. The van der Waals surface area contributed by atoms with E-state index in [1.807, 2.05) is 48.1 Å². The lowest BCUT2D eigenvalue weighted by atomic mass is 9.98. The van der Waals surface area contributed by atoms with Crippen molar-refractivity contribution < 1.29 is 19.1 Å². The van der Waals surface area contributed by atoms with Crippen molar-refractivity contribution in [3.63, 3.8) is 0 Å². The smallest absolute Gasteiger partial charge is 0.255 e. The van der Waals surface area contributed by atoms with Crippen LogP contribution in [0.15, 0.2) is 48.0 Å². The van der Waals surface area contributed by atoms with E-state index in [9.17, 15) is 14.4 Å². The topological polar surface area (TPSA) is 109 Å². The molecule has 0 saturated heterocycles. The van der Waals surface area contributed by atoms with Crippen LogP contribution in [0.2, 0.25) is 0 Å². The van der Waals surface area contributed by atoms with Crippen molar-refractivity contribution in [1.82, 2.24) is 20.0 Å². The molecule has 3 aromatic rings. The second kappa shape index (κ2) is 9.05. The molecule has 0 fully saturated rings. The third kappa shape index (κ3) is 3.98. The van der Waals surface area contributed by atoms with Gasteiger partial charge in [-0.15, -0.1) is 0 Å². The van der Waals surface area contributed by atoms with Gasteiger partial charge in [-0.05, 0) is 47.9 Å². The highest BCUT2D eigenvalue weighted by Gasteiger charge is 2.30. The average molecular weight is 513 g/mol. The van der Waals surface area contributed by atoms with Crippen LogP contribution in [0.4, 0.5) is 17.3 Å². The van der Waals surface area contributed by atoms with Crippen LogP contribution in [0.1, 0.15) is 34.0 Å². The number of carbonyl (C=O) groups is 3. The third-order valence-electron chi connectivity index (χ3n) is 7.34. The van der Waals surface area contributed by atoms with Gasteiger partial charge in [0.2, 0.25) is 5.91 Å². The Labute approximate surface area is 219 Å². The molecule has 6 rings (SSSR count). The molecule has 2 aromatic carbocycles. The fraction of sp³-hybridized carbons (Fsp3) is 0.286. The molecular formula is C28H28N6O4. The van der Waals surface area contributed by atoms with E-state index in [1.54, 1.807) is 12.0 Å². The summed E-state index contributed by atoms with van der Waals surface area (Å²) in [6.45, 7) is 3.55. The molecule has 10 nitrogen and oxygen atoms in total. The van der Waals surface area contributed by atoms with Gasteiger partial charge in [0.25, 0.3) is 11.8 Å². The molecule has 0 radical (unpaired) electrons. The molecule has 194 valence electrons. The number of anilines is 3. The second-order valence-electron chi connectivity index (χ2n) is 9.77. The third-order valence-corrected chi connectivity index (χ3v) is 7.34. The normalized spacial score (nSPS) is 15.8. The monoisotopic (exact) mass is 512 g/mol. The zero-order chi connectivity index (χ0) is 26.6. The SMILES string of the molecule is COc1ccc2c(c1)C(NC(C)=O)=C(C(=O)Nc1cc3n(n1)CCN3c1ccc3c(c1)CCN(C)C3=O)C2. The van der Waals surface area contributed by atoms with E-state index < -0.39 is 0 Å². The predicted molar refractivity (Wildman–Crippen MR) is 142 cm³/mol. The Kier molecular flexibility index (Phi) is 5.67. The van der Waals surface area contributed by atoms with Crippen LogP contribution in [-0.4, -0.2) is 59.6 Å². The Morgan fingerprint density at radius 1 is 0.974 bits per heavy atom. The number of carbonyl (C=O) groups excluding carboxylic acids is 3. The molecule has 10 heteroatoms.